The molecule has 5 nitrogen and oxygen atoms in total. The Morgan fingerprint density at radius 3 is 2.21 bits per heavy atom. The number of aromatic nitrogens is 3. The highest BCUT2D eigenvalue weighted by Gasteiger charge is 2.34. The Morgan fingerprint density at radius 1 is 1.04 bits per heavy atom. The summed E-state index contributed by atoms with van der Waals surface area (Å²) in [5, 5.41) is 0.659. The van der Waals surface area contributed by atoms with Crippen LogP contribution in [0.5, 0.6) is 0 Å². The highest BCUT2D eigenvalue weighted by molar-refractivity contribution is 7.83. The van der Waals surface area contributed by atoms with Gasteiger partial charge >= 0.3 is 12.4 Å². The van der Waals surface area contributed by atoms with E-state index in [0.717, 1.165) is 5.38 Å². The van der Waals surface area contributed by atoms with Crippen molar-refractivity contribution in [1.29, 1.82) is 0 Å². The van der Waals surface area contributed by atoms with Crippen molar-refractivity contribution in [3.63, 3.8) is 0 Å². The Bertz CT molecular complexity index is 811. The van der Waals surface area contributed by atoms with Crippen molar-refractivity contribution in [2.75, 3.05) is 0 Å². The molecule has 0 bridgehead atoms. The molecule has 0 radical (unpaired) electrons. The second-order valence-electron chi connectivity index (χ2n) is 4.43. The minimum absolute atomic E-state index is 0.0880. The molecular formula is C11H7F6N3O2S2. The quantitative estimate of drug-likeness (QED) is 0.814. The van der Waals surface area contributed by atoms with E-state index in [1.54, 1.807) is 0 Å². The van der Waals surface area contributed by atoms with Crippen LogP contribution >= 0.6 is 11.3 Å². The maximum Gasteiger partial charge on any atom is 0.434 e. The van der Waals surface area contributed by atoms with Crippen LogP contribution in [0.1, 0.15) is 22.2 Å². The van der Waals surface area contributed by atoms with Gasteiger partial charge in [-0.05, 0) is 0 Å². The van der Waals surface area contributed by atoms with E-state index in [0.29, 0.717) is 11.3 Å². The molecule has 0 aliphatic heterocycles. The highest BCUT2D eigenvalue weighted by Crippen LogP contribution is 2.30. The minimum atomic E-state index is -4.85. The first-order chi connectivity index (χ1) is 10.9. The van der Waals surface area contributed by atoms with Gasteiger partial charge in [0, 0.05) is 22.2 Å². The number of nitrogens with zero attached hydrogens (tertiary/aromatic N) is 2. The summed E-state index contributed by atoms with van der Waals surface area (Å²) in [6.45, 7) is 0. The molecule has 0 amide bonds. The van der Waals surface area contributed by atoms with E-state index in [4.69, 9.17) is 0 Å². The molecule has 132 valence electrons. The standard InChI is InChI=1S/C11H7F6N3O2S2/c12-10(13,14)5-1-8(21)20-7(18-5)3-24(22)4-9-19-6(2-23-9)11(15,16)17/h1-2H,3-4H2,(H,18,20,21)/t24-/m0/s1. The van der Waals surface area contributed by atoms with E-state index >= 15 is 0 Å². The molecule has 0 aliphatic carbocycles. The molecule has 0 spiro atoms. The van der Waals surface area contributed by atoms with Crippen molar-refractivity contribution in [1.82, 2.24) is 15.0 Å². The average Bonchev–Trinajstić information content (AvgIpc) is 2.85. The molecule has 13 heteroatoms. The third kappa shape index (κ3) is 4.87. The second kappa shape index (κ2) is 6.63. The first kappa shape index (κ1) is 18.6. The average molecular weight is 391 g/mol. The zero-order valence-electron chi connectivity index (χ0n) is 11.4. The van der Waals surface area contributed by atoms with Crippen LogP contribution in [0.25, 0.3) is 0 Å². The Kier molecular flexibility index (Phi) is 5.13. The molecule has 1 N–H and O–H groups in total. The predicted molar refractivity (Wildman–Crippen MR) is 72.5 cm³/mol. The molecule has 0 saturated heterocycles. The minimum Gasteiger partial charge on any atom is -0.310 e. The molecule has 2 aromatic heterocycles. The molecule has 24 heavy (non-hydrogen) atoms. The molecule has 0 aliphatic rings. The van der Waals surface area contributed by atoms with Gasteiger partial charge < -0.3 is 4.98 Å². The van der Waals surface area contributed by atoms with Gasteiger partial charge in [0.25, 0.3) is 5.56 Å². The molecule has 0 aromatic carbocycles. The van der Waals surface area contributed by atoms with Crippen LogP contribution in [-0.4, -0.2) is 19.2 Å². The third-order valence-corrected chi connectivity index (χ3v) is 4.73. The molecule has 2 rings (SSSR count). The van der Waals surface area contributed by atoms with Gasteiger partial charge in [-0.1, -0.05) is 0 Å². The fourth-order valence-corrected chi connectivity index (χ4v) is 3.71. The summed E-state index contributed by atoms with van der Waals surface area (Å²) in [4.78, 5) is 19.6. The lowest BCUT2D eigenvalue weighted by Crippen LogP contribution is -2.19. The zero-order valence-corrected chi connectivity index (χ0v) is 13.0. The van der Waals surface area contributed by atoms with E-state index in [1.807, 2.05) is 4.98 Å². The van der Waals surface area contributed by atoms with Gasteiger partial charge in [-0.3, -0.25) is 9.00 Å². The molecule has 2 heterocycles. The summed E-state index contributed by atoms with van der Waals surface area (Å²) < 4.78 is 86.7. The van der Waals surface area contributed by atoms with Gasteiger partial charge in [-0.15, -0.1) is 11.3 Å². The first-order valence-electron chi connectivity index (χ1n) is 5.99. The molecule has 1 atom stereocenters. The number of alkyl halides is 6. The van der Waals surface area contributed by atoms with Gasteiger partial charge in [0.15, 0.2) is 11.4 Å². The van der Waals surface area contributed by atoms with Crippen LogP contribution in [0.4, 0.5) is 26.3 Å². The third-order valence-electron chi connectivity index (χ3n) is 2.51. The van der Waals surface area contributed by atoms with E-state index in [1.165, 1.54) is 0 Å². The van der Waals surface area contributed by atoms with Crippen molar-refractivity contribution in [3.8, 4) is 0 Å². The summed E-state index contributed by atoms with van der Waals surface area (Å²) >= 11 is 0.629. The van der Waals surface area contributed by atoms with Gasteiger partial charge in [-0.2, -0.15) is 26.3 Å². The van der Waals surface area contributed by atoms with Gasteiger partial charge in [-0.25, -0.2) is 9.97 Å². The summed E-state index contributed by atoms with van der Waals surface area (Å²) in [6, 6.07) is 0.253. The predicted octanol–water partition coefficient (Wildman–Crippen LogP) is 2.71. The smallest absolute Gasteiger partial charge is 0.310 e. The normalized spacial score (nSPS) is 13.9. The van der Waals surface area contributed by atoms with Crippen molar-refractivity contribution in [3.05, 3.63) is 44.0 Å². The topological polar surface area (TPSA) is 75.7 Å². The number of H-pyrrole nitrogens is 1. The fourth-order valence-electron chi connectivity index (χ4n) is 1.57. The number of thiazole rings is 1. The van der Waals surface area contributed by atoms with Crippen LogP contribution in [-0.2, 0) is 34.7 Å². The number of rotatable bonds is 4. The Morgan fingerprint density at radius 2 is 1.67 bits per heavy atom. The monoisotopic (exact) mass is 391 g/mol. The van der Waals surface area contributed by atoms with Crippen LogP contribution < -0.4 is 5.56 Å². The second-order valence-corrected chi connectivity index (χ2v) is 6.83. The zero-order chi connectivity index (χ0) is 18.1. The lowest BCUT2D eigenvalue weighted by Gasteiger charge is -2.07. The van der Waals surface area contributed by atoms with Crippen molar-refractivity contribution >= 4 is 22.1 Å². The molecule has 2 aromatic rings. The van der Waals surface area contributed by atoms with Crippen LogP contribution in [0.2, 0.25) is 0 Å². The molecule has 0 saturated carbocycles. The lowest BCUT2D eigenvalue weighted by atomic mass is 10.4. The maximum atomic E-state index is 12.5. The van der Waals surface area contributed by atoms with Crippen molar-refractivity contribution < 1.29 is 30.6 Å². The molecule has 0 fully saturated rings. The Balaban J connectivity index is 2.12. The molecule has 0 unspecified atom stereocenters. The Labute approximate surface area is 136 Å². The summed E-state index contributed by atoms with van der Waals surface area (Å²) in [5.74, 6) is -1.43. The van der Waals surface area contributed by atoms with Crippen molar-refractivity contribution in [2.24, 2.45) is 0 Å². The largest absolute Gasteiger partial charge is 0.434 e. The number of halogens is 6. The van der Waals surface area contributed by atoms with E-state index in [-0.39, 0.29) is 11.1 Å². The van der Waals surface area contributed by atoms with Crippen LogP contribution in [0.15, 0.2) is 16.2 Å². The van der Waals surface area contributed by atoms with Gasteiger partial charge in [0.2, 0.25) is 0 Å². The summed E-state index contributed by atoms with van der Waals surface area (Å²) in [7, 11) is -1.90. The van der Waals surface area contributed by atoms with E-state index in [2.05, 4.69) is 9.97 Å². The summed E-state index contributed by atoms with van der Waals surface area (Å²) in [5.41, 5.74) is -3.64. The number of hydrogen-bond acceptors (Lipinski definition) is 5. The van der Waals surface area contributed by atoms with Gasteiger partial charge in [0.1, 0.15) is 10.8 Å². The fraction of sp³-hybridized carbons (Fsp3) is 0.364. The summed E-state index contributed by atoms with van der Waals surface area (Å²) in [6.07, 6.45) is -9.48. The van der Waals surface area contributed by atoms with Crippen LogP contribution in [0, 0.1) is 0 Å². The maximum absolute atomic E-state index is 12.5. The van der Waals surface area contributed by atoms with Crippen LogP contribution in [0.3, 0.4) is 0 Å². The lowest BCUT2D eigenvalue weighted by molar-refractivity contribution is -0.141. The highest BCUT2D eigenvalue weighted by atomic mass is 32.2. The SMILES string of the molecule is O=c1cc(C(F)(F)F)nc(C[S@](=O)Cc2nc(C(F)(F)F)cs2)[nH]1. The van der Waals surface area contributed by atoms with E-state index in [9.17, 15) is 35.3 Å². The number of hydrogen-bond donors (Lipinski definition) is 1. The van der Waals surface area contributed by atoms with Gasteiger partial charge in [0.05, 0.1) is 11.5 Å². The number of nitrogens with one attached hydrogen (secondary N) is 1. The first-order valence-corrected chi connectivity index (χ1v) is 8.36. The Hall–Kier alpha value is -1.76. The van der Waals surface area contributed by atoms with Crippen molar-refractivity contribution in [2.45, 2.75) is 23.9 Å². The number of aromatic amines is 1. The molecular weight excluding hydrogens is 384 g/mol. The van der Waals surface area contributed by atoms with E-state index < -0.39 is 57.4 Å².